The molecular formula is C19H23FN2O5S. The molecule has 1 atom stereocenters. The number of nitrogens with one attached hydrogen (secondary N) is 2. The van der Waals surface area contributed by atoms with E-state index in [9.17, 15) is 22.4 Å². The summed E-state index contributed by atoms with van der Waals surface area (Å²) in [5, 5.41) is 3.55. The molecule has 0 radical (unpaired) electrons. The lowest BCUT2D eigenvalue weighted by molar-refractivity contribution is -0.139. The molecule has 0 fully saturated rings. The molecule has 1 aromatic carbocycles. The van der Waals surface area contributed by atoms with E-state index in [0.717, 1.165) is 24.3 Å². The Bertz CT molecular complexity index is 893. The van der Waals surface area contributed by atoms with E-state index < -0.39 is 32.7 Å². The summed E-state index contributed by atoms with van der Waals surface area (Å²) < 4.78 is 44.2. The van der Waals surface area contributed by atoms with Crippen LogP contribution < -0.4 is 10.6 Å². The van der Waals surface area contributed by atoms with Crippen LogP contribution in [0.4, 0.5) is 4.39 Å². The zero-order valence-corrected chi connectivity index (χ0v) is 16.5. The maximum Gasteiger partial charge on any atom is 0.309 e. The molecule has 7 nitrogen and oxygen atoms in total. The monoisotopic (exact) mass is 410 g/mol. The maximum absolute atomic E-state index is 13.1. The van der Waals surface area contributed by atoms with Crippen LogP contribution in [0.5, 0.6) is 0 Å². The summed E-state index contributed by atoms with van der Waals surface area (Å²) in [5.41, 5.74) is 0. The van der Waals surface area contributed by atoms with Crippen molar-refractivity contribution in [2.75, 3.05) is 13.1 Å². The van der Waals surface area contributed by atoms with Gasteiger partial charge in [0.05, 0.1) is 11.2 Å². The Morgan fingerprint density at radius 3 is 2.29 bits per heavy atom. The maximum atomic E-state index is 13.1. The van der Waals surface area contributed by atoms with Crippen LogP contribution in [-0.2, 0) is 19.4 Å². The van der Waals surface area contributed by atoms with Gasteiger partial charge in [-0.1, -0.05) is 13.8 Å². The molecule has 2 rings (SSSR count). The van der Waals surface area contributed by atoms with Crippen molar-refractivity contribution in [3.63, 3.8) is 0 Å². The summed E-state index contributed by atoms with van der Waals surface area (Å²) >= 11 is 0. The first-order valence-electron chi connectivity index (χ1n) is 8.80. The van der Waals surface area contributed by atoms with Gasteiger partial charge in [-0.3, -0.25) is 9.59 Å². The van der Waals surface area contributed by atoms with E-state index in [0.29, 0.717) is 18.9 Å². The van der Waals surface area contributed by atoms with Crippen LogP contribution in [0.25, 0.3) is 0 Å². The number of furan rings is 1. The normalized spacial score (nSPS) is 12.6. The second-order valence-electron chi connectivity index (χ2n) is 6.65. The van der Waals surface area contributed by atoms with Crippen LogP contribution >= 0.6 is 0 Å². The van der Waals surface area contributed by atoms with Gasteiger partial charge < -0.3 is 15.1 Å². The van der Waals surface area contributed by atoms with Gasteiger partial charge >= 0.3 is 11.8 Å². The quantitative estimate of drug-likeness (QED) is 0.513. The minimum Gasteiger partial charge on any atom is -0.468 e. The number of carbonyl (C=O) groups excluding carboxylic acids is 2. The smallest absolute Gasteiger partial charge is 0.309 e. The number of amides is 2. The van der Waals surface area contributed by atoms with E-state index in [4.69, 9.17) is 4.42 Å². The van der Waals surface area contributed by atoms with E-state index in [2.05, 4.69) is 10.6 Å². The number of hydrogen-bond donors (Lipinski definition) is 2. The molecule has 0 aliphatic rings. The van der Waals surface area contributed by atoms with Crippen LogP contribution in [0.2, 0.25) is 0 Å². The number of rotatable bonds is 8. The highest BCUT2D eigenvalue weighted by atomic mass is 32.2. The first kappa shape index (κ1) is 21.6. The zero-order chi connectivity index (χ0) is 20.7. The van der Waals surface area contributed by atoms with Crippen molar-refractivity contribution in [3.05, 3.63) is 54.2 Å². The van der Waals surface area contributed by atoms with Gasteiger partial charge in [0.15, 0.2) is 9.84 Å². The molecule has 2 aromatic rings. The molecule has 28 heavy (non-hydrogen) atoms. The second kappa shape index (κ2) is 9.50. The van der Waals surface area contributed by atoms with Crippen LogP contribution in [0.3, 0.4) is 0 Å². The number of hydrogen-bond acceptors (Lipinski definition) is 5. The van der Waals surface area contributed by atoms with Gasteiger partial charge in [-0.05, 0) is 48.7 Å². The molecule has 0 aliphatic heterocycles. The molecule has 0 bridgehead atoms. The van der Waals surface area contributed by atoms with Crippen LogP contribution in [0.1, 0.15) is 31.3 Å². The van der Waals surface area contributed by atoms with Crippen LogP contribution in [0, 0.1) is 11.7 Å². The molecule has 1 aromatic heterocycles. The average Bonchev–Trinajstić information content (AvgIpc) is 3.15. The topological polar surface area (TPSA) is 105 Å². The first-order valence-corrected chi connectivity index (χ1v) is 10.4. The predicted molar refractivity (Wildman–Crippen MR) is 101 cm³/mol. The van der Waals surface area contributed by atoms with E-state index in [-0.39, 0.29) is 17.2 Å². The third-order valence-corrected chi connectivity index (χ3v) is 6.12. The molecule has 152 valence electrons. The third-order valence-electron chi connectivity index (χ3n) is 4.04. The van der Waals surface area contributed by atoms with E-state index in [1.807, 2.05) is 13.8 Å². The molecular weight excluding hydrogens is 387 g/mol. The summed E-state index contributed by atoms with van der Waals surface area (Å²) in [6, 6.07) is 7.32. The van der Waals surface area contributed by atoms with Gasteiger partial charge in [0.25, 0.3) is 0 Å². The molecule has 0 saturated heterocycles. The summed E-state index contributed by atoms with van der Waals surface area (Å²) in [7, 11) is -4.00. The van der Waals surface area contributed by atoms with Crippen molar-refractivity contribution in [3.8, 4) is 0 Å². The minimum atomic E-state index is -4.00. The van der Waals surface area contributed by atoms with E-state index >= 15 is 0 Å². The summed E-state index contributed by atoms with van der Waals surface area (Å²) in [4.78, 5) is 23.7. The lowest BCUT2D eigenvalue weighted by atomic mass is 10.1. The van der Waals surface area contributed by atoms with Crippen molar-refractivity contribution in [1.82, 2.24) is 10.6 Å². The Labute approximate surface area is 163 Å². The molecule has 2 N–H and O–H groups in total. The number of sulfone groups is 1. The number of benzene rings is 1. The van der Waals surface area contributed by atoms with E-state index in [1.54, 1.807) is 0 Å². The van der Waals surface area contributed by atoms with Crippen molar-refractivity contribution in [2.24, 2.45) is 5.92 Å². The van der Waals surface area contributed by atoms with Gasteiger partial charge in [0, 0.05) is 13.1 Å². The third kappa shape index (κ3) is 5.66. The highest BCUT2D eigenvalue weighted by molar-refractivity contribution is 7.91. The molecule has 2 amide bonds. The molecule has 1 unspecified atom stereocenters. The second-order valence-corrected chi connectivity index (χ2v) is 8.78. The molecule has 9 heteroatoms. The summed E-state index contributed by atoms with van der Waals surface area (Å²) in [6.45, 7) is 3.95. The predicted octanol–water partition coefficient (Wildman–Crippen LogP) is 2.21. The standard InChI is InChI=1S/C19H23FN2O5S/c1-13(2)9-10-21-18(23)19(24)22-12-17(16-4-3-11-27-16)28(25,26)15-7-5-14(20)6-8-15/h3-8,11,13,17H,9-10,12H2,1-2H3,(H,21,23)(H,22,24). The highest BCUT2D eigenvalue weighted by Crippen LogP contribution is 2.29. The first-order chi connectivity index (χ1) is 13.2. The largest absolute Gasteiger partial charge is 0.468 e. The fourth-order valence-electron chi connectivity index (χ4n) is 2.45. The molecule has 0 aliphatic carbocycles. The highest BCUT2D eigenvalue weighted by Gasteiger charge is 2.32. The Kier molecular flexibility index (Phi) is 7.33. The Hall–Kier alpha value is -2.68. The van der Waals surface area contributed by atoms with Crippen molar-refractivity contribution < 1.29 is 26.8 Å². The van der Waals surface area contributed by atoms with Crippen LogP contribution in [0.15, 0.2) is 52.0 Å². The number of carbonyl (C=O) groups is 2. The summed E-state index contributed by atoms with van der Waals surface area (Å²) in [5.74, 6) is -1.87. The molecule has 1 heterocycles. The van der Waals surface area contributed by atoms with Gasteiger partial charge in [-0.15, -0.1) is 0 Å². The van der Waals surface area contributed by atoms with Gasteiger partial charge in [-0.2, -0.15) is 0 Å². The molecule has 0 saturated carbocycles. The zero-order valence-electron chi connectivity index (χ0n) is 15.6. The Morgan fingerprint density at radius 2 is 1.71 bits per heavy atom. The molecule has 0 spiro atoms. The fourth-order valence-corrected chi connectivity index (χ4v) is 4.03. The average molecular weight is 410 g/mol. The number of halogens is 1. The fraction of sp³-hybridized carbons (Fsp3) is 0.368. The SMILES string of the molecule is CC(C)CCNC(=O)C(=O)NCC(c1ccco1)S(=O)(=O)c1ccc(F)cc1. The Morgan fingerprint density at radius 1 is 1.07 bits per heavy atom. The van der Waals surface area contributed by atoms with Crippen molar-refractivity contribution in [1.29, 1.82) is 0 Å². The van der Waals surface area contributed by atoms with Crippen molar-refractivity contribution in [2.45, 2.75) is 30.4 Å². The van der Waals surface area contributed by atoms with Crippen molar-refractivity contribution >= 4 is 21.7 Å². The Balaban J connectivity index is 2.11. The summed E-state index contributed by atoms with van der Waals surface area (Å²) in [6.07, 6.45) is 2.02. The lowest BCUT2D eigenvalue weighted by Gasteiger charge is -2.16. The van der Waals surface area contributed by atoms with Crippen LogP contribution in [-0.4, -0.2) is 33.3 Å². The van der Waals surface area contributed by atoms with Gasteiger partial charge in [0.1, 0.15) is 16.8 Å². The van der Waals surface area contributed by atoms with E-state index in [1.165, 1.54) is 18.4 Å². The lowest BCUT2D eigenvalue weighted by Crippen LogP contribution is -2.42. The minimum absolute atomic E-state index is 0.102. The van der Waals surface area contributed by atoms with Gasteiger partial charge in [0.2, 0.25) is 0 Å². The van der Waals surface area contributed by atoms with Gasteiger partial charge in [-0.25, -0.2) is 12.8 Å².